The molecule has 2 aliphatic rings. The highest BCUT2D eigenvalue weighted by molar-refractivity contribution is 6.03. The van der Waals surface area contributed by atoms with Gasteiger partial charge in [-0.2, -0.15) is 0 Å². The van der Waals surface area contributed by atoms with Gasteiger partial charge in [-0.1, -0.05) is 5.16 Å². The van der Waals surface area contributed by atoms with Gasteiger partial charge < -0.3 is 19.4 Å². The Morgan fingerprint density at radius 2 is 2.26 bits per heavy atom. The molecular formula is C14H17NO4. The summed E-state index contributed by atoms with van der Waals surface area (Å²) in [6.45, 7) is 0.779. The standard InChI is InChI=1S/C14H17NO4/c1-17-9-4-5-10-11(15-16)8-14(19-13(10)7-9)12-3-2-6-18-12/h4-5,7,12,14,16H,2-3,6,8H2,1H3/b15-11-/t12-,14+/m0/s1. The van der Waals surface area contributed by atoms with Gasteiger partial charge in [0.15, 0.2) is 0 Å². The van der Waals surface area contributed by atoms with E-state index in [1.54, 1.807) is 7.11 Å². The lowest BCUT2D eigenvalue weighted by molar-refractivity contribution is 0.0131. The number of benzene rings is 1. The Hall–Kier alpha value is -1.75. The Bertz CT molecular complexity index is 494. The Morgan fingerprint density at radius 3 is 2.95 bits per heavy atom. The molecule has 19 heavy (non-hydrogen) atoms. The van der Waals surface area contributed by atoms with E-state index in [-0.39, 0.29) is 12.2 Å². The van der Waals surface area contributed by atoms with Crippen LogP contribution in [0.3, 0.4) is 0 Å². The van der Waals surface area contributed by atoms with Gasteiger partial charge in [-0.25, -0.2) is 0 Å². The predicted octanol–water partition coefficient (Wildman–Crippen LogP) is 2.20. The molecule has 102 valence electrons. The highest BCUT2D eigenvalue weighted by Crippen LogP contribution is 2.34. The topological polar surface area (TPSA) is 60.3 Å². The van der Waals surface area contributed by atoms with Gasteiger partial charge in [0.25, 0.3) is 0 Å². The van der Waals surface area contributed by atoms with E-state index in [4.69, 9.17) is 14.2 Å². The lowest BCUT2D eigenvalue weighted by Crippen LogP contribution is -2.37. The second-order valence-electron chi connectivity index (χ2n) is 4.82. The maximum absolute atomic E-state index is 9.19. The maximum atomic E-state index is 9.19. The quantitative estimate of drug-likeness (QED) is 0.656. The summed E-state index contributed by atoms with van der Waals surface area (Å²) in [7, 11) is 1.61. The Balaban J connectivity index is 1.92. The number of nitrogens with zero attached hydrogens (tertiary/aromatic N) is 1. The van der Waals surface area contributed by atoms with Gasteiger partial charge in [-0.3, -0.25) is 0 Å². The van der Waals surface area contributed by atoms with Crippen molar-refractivity contribution in [1.29, 1.82) is 0 Å². The number of rotatable bonds is 2. The lowest BCUT2D eigenvalue weighted by Gasteiger charge is -2.30. The molecule has 0 saturated carbocycles. The zero-order chi connectivity index (χ0) is 13.2. The van der Waals surface area contributed by atoms with Crippen LogP contribution in [0.15, 0.2) is 23.4 Å². The zero-order valence-electron chi connectivity index (χ0n) is 10.8. The largest absolute Gasteiger partial charge is 0.497 e. The number of methoxy groups -OCH3 is 1. The van der Waals surface area contributed by atoms with Gasteiger partial charge >= 0.3 is 0 Å². The van der Waals surface area contributed by atoms with Crippen LogP contribution in [0.4, 0.5) is 0 Å². The minimum absolute atomic E-state index is 0.0797. The SMILES string of the molecule is COc1ccc2c(c1)O[C@@H]([C@@H]1CCCO1)C/C2=N/O. The van der Waals surface area contributed by atoms with Crippen LogP contribution in [0.25, 0.3) is 0 Å². The van der Waals surface area contributed by atoms with Gasteiger partial charge in [0, 0.05) is 24.7 Å². The number of ether oxygens (including phenoxy) is 3. The Kier molecular flexibility index (Phi) is 3.29. The summed E-state index contributed by atoms with van der Waals surface area (Å²) in [5, 5.41) is 12.6. The summed E-state index contributed by atoms with van der Waals surface area (Å²) in [6, 6.07) is 5.51. The van der Waals surface area contributed by atoms with Crippen molar-refractivity contribution in [2.45, 2.75) is 31.5 Å². The third-order valence-electron chi connectivity index (χ3n) is 3.67. The number of hydrogen-bond donors (Lipinski definition) is 1. The molecule has 0 radical (unpaired) electrons. The molecule has 1 fully saturated rings. The molecule has 0 aromatic heterocycles. The molecule has 3 rings (SSSR count). The summed E-state index contributed by atoms with van der Waals surface area (Å²) >= 11 is 0. The van der Waals surface area contributed by atoms with Crippen molar-refractivity contribution in [3.63, 3.8) is 0 Å². The first kappa shape index (κ1) is 12.3. The molecule has 0 aliphatic carbocycles. The van der Waals surface area contributed by atoms with E-state index < -0.39 is 0 Å². The third-order valence-corrected chi connectivity index (χ3v) is 3.67. The first-order chi connectivity index (χ1) is 9.31. The fraction of sp³-hybridized carbons (Fsp3) is 0.500. The van der Waals surface area contributed by atoms with Crippen molar-refractivity contribution in [3.05, 3.63) is 23.8 Å². The van der Waals surface area contributed by atoms with E-state index in [1.807, 2.05) is 18.2 Å². The highest BCUT2D eigenvalue weighted by atomic mass is 16.5. The number of fused-ring (bicyclic) bond motifs is 1. The fourth-order valence-electron chi connectivity index (χ4n) is 2.67. The van der Waals surface area contributed by atoms with Crippen LogP contribution in [0.2, 0.25) is 0 Å². The van der Waals surface area contributed by atoms with E-state index >= 15 is 0 Å². The minimum atomic E-state index is -0.0898. The van der Waals surface area contributed by atoms with Gasteiger partial charge in [0.05, 0.1) is 18.9 Å². The maximum Gasteiger partial charge on any atom is 0.132 e. The van der Waals surface area contributed by atoms with Gasteiger partial charge in [0.1, 0.15) is 17.6 Å². The van der Waals surface area contributed by atoms with E-state index in [2.05, 4.69) is 5.16 Å². The first-order valence-electron chi connectivity index (χ1n) is 6.49. The molecule has 1 saturated heterocycles. The molecule has 0 amide bonds. The van der Waals surface area contributed by atoms with Crippen molar-refractivity contribution in [2.75, 3.05) is 13.7 Å². The van der Waals surface area contributed by atoms with E-state index in [0.717, 1.165) is 30.8 Å². The summed E-state index contributed by atoms with van der Waals surface area (Å²) in [6.07, 6.45) is 2.61. The summed E-state index contributed by atoms with van der Waals surface area (Å²) in [5.41, 5.74) is 1.46. The average molecular weight is 263 g/mol. The van der Waals surface area contributed by atoms with Crippen LogP contribution >= 0.6 is 0 Å². The van der Waals surface area contributed by atoms with Crippen LogP contribution in [0.5, 0.6) is 11.5 Å². The summed E-state index contributed by atoms with van der Waals surface area (Å²) in [5.74, 6) is 1.42. The van der Waals surface area contributed by atoms with Crippen LogP contribution < -0.4 is 9.47 Å². The molecule has 2 atom stereocenters. The molecule has 0 spiro atoms. The normalized spacial score (nSPS) is 27.9. The van der Waals surface area contributed by atoms with Gasteiger partial charge in [0.2, 0.25) is 0 Å². The third kappa shape index (κ3) is 2.26. The van der Waals surface area contributed by atoms with Crippen LogP contribution in [-0.4, -0.2) is 36.8 Å². The summed E-state index contributed by atoms with van der Waals surface area (Å²) < 4.78 is 16.9. The van der Waals surface area contributed by atoms with Crippen molar-refractivity contribution < 1.29 is 19.4 Å². The van der Waals surface area contributed by atoms with Crippen LogP contribution in [-0.2, 0) is 4.74 Å². The average Bonchev–Trinajstić information content (AvgIpc) is 2.99. The number of oxime groups is 1. The Morgan fingerprint density at radius 1 is 1.37 bits per heavy atom. The van der Waals surface area contributed by atoms with Crippen LogP contribution in [0.1, 0.15) is 24.8 Å². The lowest BCUT2D eigenvalue weighted by atomic mass is 9.96. The number of hydrogen-bond acceptors (Lipinski definition) is 5. The monoisotopic (exact) mass is 263 g/mol. The minimum Gasteiger partial charge on any atom is -0.497 e. The molecule has 2 heterocycles. The van der Waals surface area contributed by atoms with E-state index in [0.29, 0.717) is 17.9 Å². The van der Waals surface area contributed by atoms with Crippen molar-refractivity contribution in [1.82, 2.24) is 0 Å². The van der Waals surface area contributed by atoms with E-state index in [1.165, 1.54) is 0 Å². The molecule has 5 heteroatoms. The predicted molar refractivity (Wildman–Crippen MR) is 69.3 cm³/mol. The molecule has 0 unspecified atom stereocenters. The second kappa shape index (κ2) is 5.09. The molecule has 1 aromatic carbocycles. The Labute approximate surface area is 111 Å². The van der Waals surface area contributed by atoms with Gasteiger partial charge in [-0.05, 0) is 25.0 Å². The summed E-state index contributed by atoms with van der Waals surface area (Å²) in [4.78, 5) is 0. The van der Waals surface area contributed by atoms with Gasteiger partial charge in [-0.15, -0.1) is 0 Å². The smallest absolute Gasteiger partial charge is 0.132 e. The fourth-order valence-corrected chi connectivity index (χ4v) is 2.67. The molecule has 1 aromatic rings. The molecular weight excluding hydrogens is 246 g/mol. The van der Waals surface area contributed by atoms with Crippen molar-refractivity contribution in [2.24, 2.45) is 5.16 Å². The van der Waals surface area contributed by atoms with Crippen LogP contribution in [0, 0.1) is 0 Å². The van der Waals surface area contributed by atoms with Crippen molar-refractivity contribution >= 4 is 5.71 Å². The highest BCUT2D eigenvalue weighted by Gasteiger charge is 2.34. The van der Waals surface area contributed by atoms with E-state index in [9.17, 15) is 5.21 Å². The molecule has 2 aliphatic heterocycles. The molecule has 5 nitrogen and oxygen atoms in total. The zero-order valence-corrected chi connectivity index (χ0v) is 10.8. The molecule has 0 bridgehead atoms. The first-order valence-corrected chi connectivity index (χ1v) is 6.49. The second-order valence-corrected chi connectivity index (χ2v) is 4.82. The molecule has 1 N–H and O–H groups in total. The van der Waals surface area contributed by atoms with Crippen molar-refractivity contribution in [3.8, 4) is 11.5 Å².